The summed E-state index contributed by atoms with van der Waals surface area (Å²) in [6.07, 6.45) is 8.13. The first-order valence-electron chi connectivity index (χ1n) is 6.65. The quantitative estimate of drug-likeness (QED) is 0.691. The predicted molar refractivity (Wildman–Crippen MR) is 75.1 cm³/mol. The molecule has 0 heteroatoms. The molecule has 2 rings (SSSR count). The van der Waals surface area contributed by atoms with E-state index in [1.807, 2.05) is 0 Å². The third-order valence-electron chi connectivity index (χ3n) is 3.84. The molecule has 1 atom stereocenters. The Morgan fingerprint density at radius 1 is 1.24 bits per heavy atom. The molecule has 0 spiro atoms. The lowest BCUT2D eigenvalue weighted by molar-refractivity contribution is 0.651. The maximum Gasteiger partial charge on any atom is -0.00559 e. The molecule has 1 aromatic carbocycles. The molecule has 0 N–H and O–H groups in total. The first-order chi connectivity index (χ1) is 8.22. The Morgan fingerprint density at radius 2 is 2.00 bits per heavy atom. The number of benzene rings is 1. The van der Waals surface area contributed by atoms with Crippen LogP contribution in [-0.2, 0) is 6.42 Å². The monoisotopic (exact) mass is 226 g/mol. The molecular weight excluding hydrogens is 204 g/mol. The second kappa shape index (κ2) is 5.35. The highest BCUT2D eigenvalue weighted by Gasteiger charge is 2.15. The van der Waals surface area contributed by atoms with Gasteiger partial charge in [0.1, 0.15) is 0 Å². The van der Waals surface area contributed by atoms with Gasteiger partial charge in [-0.15, -0.1) is 0 Å². The topological polar surface area (TPSA) is 0 Å². The molecule has 0 aliphatic heterocycles. The highest BCUT2D eigenvalue weighted by molar-refractivity contribution is 5.37. The van der Waals surface area contributed by atoms with Gasteiger partial charge in [0.25, 0.3) is 0 Å². The van der Waals surface area contributed by atoms with Crippen molar-refractivity contribution in [2.24, 2.45) is 5.92 Å². The Labute approximate surface area is 105 Å². The largest absolute Gasteiger partial charge is 0.0837 e. The summed E-state index contributed by atoms with van der Waals surface area (Å²) in [5.74, 6) is 0.703. The van der Waals surface area contributed by atoms with Crippen molar-refractivity contribution in [1.29, 1.82) is 0 Å². The molecule has 0 saturated carbocycles. The Balaban J connectivity index is 2.30. The van der Waals surface area contributed by atoms with Crippen molar-refractivity contribution in [2.75, 3.05) is 0 Å². The van der Waals surface area contributed by atoms with Crippen molar-refractivity contribution < 1.29 is 0 Å². The van der Waals surface area contributed by atoms with E-state index < -0.39 is 0 Å². The lowest BCUT2D eigenvalue weighted by Gasteiger charge is -2.22. The highest BCUT2D eigenvalue weighted by Crippen LogP contribution is 2.30. The molecule has 17 heavy (non-hydrogen) atoms. The molecule has 0 bridgehead atoms. The van der Waals surface area contributed by atoms with Crippen LogP contribution in [0.5, 0.6) is 0 Å². The van der Waals surface area contributed by atoms with Gasteiger partial charge in [-0.3, -0.25) is 0 Å². The number of hydrogen-bond acceptors (Lipinski definition) is 0. The number of rotatable bonds is 3. The molecule has 1 aliphatic rings. The SMILES string of the molecule is CCC1=C(Cc2ccccc2C)C(C)CC=C1. The summed E-state index contributed by atoms with van der Waals surface area (Å²) in [4.78, 5) is 0. The fraction of sp³-hybridized carbons (Fsp3) is 0.412. The Morgan fingerprint density at radius 3 is 2.71 bits per heavy atom. The van der Waals surface area contributed by atoms with Gasteiger partial charge in [-0.05, 0) is 48.8 Å². The standard InChI is InChI=1S/C17H22/c1-4-15-11-7-9-14(3)17(15)12-16-10-6-5-8-13(16)2/h5-8,10-11,14H,4,9,12H2,1-3H3. The van der Waals surface area contributed by atoms with Gasteiger partial charge >= 0.3 is 0 Å². The van der Waals surface area contributed by atoms with Crippen LogP contribution in [0.4, 0.5) is 0 Å². The average molecular weight is 226 g/mol. The minimum Gasteiger partial charge on any atom is -0.0837 e. The number of hydrogen-bond donors (Lipinski definition) is 0. The van der Waals surface area contributed by atoms with E-state index in [2.05, 4.69) is 57.2 Å². The molecule has 0 fully saturated rings. The van der Waals surface area contributed by atoms with Crippen molar-refractivity contribution in [3.63, 3.8) is 0 Å². The molecular formula is C17H22. The molecule has 0 nitrogen and oxygen atoms in total. The summed E-state index contributed by atoms with van der Waals surface area (Å²) in [6, 6.07) is 8.75. The Hall–Kier alpha value is -1.30. The zero-order chi connectivity index (χ0) is 12.3. The molecule has 0 heterocycles. The molecule has 90 valence electrons. The van der Waals surface area contributed by atoms with E-state index in [1.165, 1.54) is 17.5 Å². The zero-order valence-corrected chi connectivity index (χ0v) is 11.2. The fourth-order valence-electron chi connectivity index (χ4n) is 2.63. The summed E-state index contributed by atoms with van der Waals surface area (Å²) in [6.45, 7) is 6.83. The maximum absolute atomic E-state index is 2.35. The first kappa shape index (κ1) is 12.2. The fourth-order valence-corrected chi connectivity index (χ4v) is 2.63. The van der Waals surface area contributed by atoms with Gasteiger partial charge in [0, 0.05) is 0 Å². The van der Waals surface area contributed by atoms with Gasteiger partial charge in [0.2, 0.25) is 0 Å². The molecule has 0 amide bonds. The van der Waals surface area contributed by atoms with Crippen molar-refractivity contribution in [3.05, 3.63) is 58.7 Å². The average Bonchev–Trinajstić information content (AvgIpc) is 2.34. The summed E-state index contributed by atoms with van der Waals surface area (Å²) in [5, 5.41) is 0. The van der Waals surface area contributed by atoms with Crippen LogP contribution < -0.4 is 0 Å². The second-order valence-electron chi connectivity index (χ2n) is 5.05. The minimum absolute atomic E-state index is 0.703. The van der Waals surface area contributed by atoms with E-state index in [0.717, 1.165) is 12.8 Å². The van der Waals surface area contributed by atoms with Crippen LogP contribution in [-0.4, -0.2) is 0 Å². The number of aryl methyl sites for hydroxylation is 1. The van der Waals surface area contributed by atoms with Crippen LogP contribution in [0.2, 0.25) is 0 Å². The van der Waals surface area contributed by atoms with Crippen LogP contribution in [0, 0.1) is 12.8 Å². The summed E-state index contributed by atoms with van der Waals surface area (Å²) >= 11 is 0. The van der Waals surface area contributed by atoms with E-state index in [1.54, 1.807) is 11.1 Å². The highest BCUT2D eigenvalue weighted by atomic mass is 14.2. The summed E-state index contributed by atoms with van der Waals surface area (Å²) < 4.78 is 0. The van der Waals surface area contributed by atoms with Crippen LogP contribution in [0.1, 0.15) is 37.8 Å². The van der Waals surface area contributed by atoms with Gasteiger partial charge in [0.15, 0.2) is 0 Å². The van der Waals surface area contributed by atoms with Crippen LogP contribution >= 0.6 is 0 Å². The van der Waals surface area contributed by atoms with E-state index in [9.17, 15) is 0 Å². The lowest BCUT2D eigenvalue weighted by atomic mass is 9.83. The van der Waals surface area contributed by atoms with Gasteiger partial charge in [0.05, 0.1) is 0 Å². The summed E-state index contributed by atoms with van der Waals surface area (Å²) in [5.41, 5.74) is 6.09. The van der Waals surface area contributed by atoms with E-state index in [0.29, 0.717) is 5.92 Å². The van der Waals surface area contributed by atoms with Gasteiger partial charge in [-0.25, -0.2) is 0 Å². The zero-order valence-electron chi connectivity index (χ0n) is 11.2. The Bertz CT molecular complexity index is 449. The third-order valence-corrected chi connectivity index (χ3v) is 3.84. The molecule has 1 unspecified atom stereocenters. The first-order valence-corrected chi connectivity index (χ1v) is 6.65. The smallest absolute Gasteiger partial charge is 0.00559 e. The van der Waals surface area contributed by atoms with Crippen molar-refractivity contribution >= 4 is 0 Å². The van der Waals surface area contributed by atoms with Gasteiger partial charge in [-0.2, -0.15) is 0 Å². The molecule has 0 saturated heterocycles. The lowest BCUT2D eigenvalue weighted by Crippen LogP contribution is -2.09. The van der Waals surface area contributed by atoms with E-state index in [-0.39, 0.29) is 0 Å². The molecule has 1 aliphatic carbocycles. The summed E-state index contributed by atoms with van der Waals surface area (Å²) in [7, 11) is 0. The minimum atomic E-state index is 0.703. The predicted octanol–water partition coefficient (Wildman–Crippen LogP) is 4.84. The molecule has 0 aromatic heterocycles. The van der Waals surface area contributed by atoms with E-state index in [4.69, 9.17) is 0 Å². The van der Waals surface area contributed by atoms with Gasteiger partial charge in [-0.1, -0.05) is 55.8 Å². The van der Waals surface area contributed by atoms with E-state index >= 15 is 0 Å². The maximum atomic E-state index is 2.35. The second-order valence-corrected chi connectivity index (χ2v) is 5.05. The molecule has 1 aromatic rings. The van der Waals surface area contributed by atoms with Crippen molar-refractivity contribution in [2.45, 2.75) is 40.0 Å². The third kappa shape index (κ3) is 2.69. The molecule has 0 radical (unpaired) electrons. The van der Waals surface area contributed by atoms with Crippen LogP contribution in [0.15, 0.2) is 47.6 Å². The van der Waals surface area contributed by atoms with Crippen molar-refractivity contribution in [3.8, 4) is 0 Å². The van der Waals surface area contributed by atoms with Crippen LogP contribution in [0.3, 0.4) is 0 Å². The van der Waals surface area contributed by atoms with Gasteiger partial charge < -0.3 is 0 Å². The van der Waals surface area contributed by atoms with Crippen molar-refractivity contribution in [1.82, 2.24) is 0 Å². The Kier molecular flexibility index (Phi) is 3.83. The number of allylic oxidation sites excluding steroid dienone is 4. The van der Waals surface area contributed by atoms with Crippen LogP contribution in [0.25, 0.3) is 0 Å². The normalized spacial score (nSPS) is 19.8.